The lowest BCUT2D eigenvalue weighted by Gasteiger charge is -2.31. The molecule has 0 spiro atoms. The van der Waals surface area contributed by atoms with Crippen molar-refractivity contribution in [3.8, 4) is 0 Å². The van der Waals surface area contributed by atoms with Crippen LogP contribution >= 0.6 is 15.9 Å². The number of hydrogen-bond donors (Lipinski definition) is 0. The van der Waals surface area contributed by atoms with E-state index in [0.29, 0.717) is 10.4 Å². The van der Waals surface area contributed by atoms with E-state index in [-0.39, 0.29) is 11.5 Å². The first-order valence-corrected chi connectivity index (χ1v) is 6.61. The molecule has 4 heteroatoms. The highest BCUT2D eigenvalue weighted by molar-refractivity contribution is 9.10. The molecule has 1 aromatic carbocycles. The maximum absolute atomic E-state index is 13.7. The highest BCUT2D eigenvalue weighted by Gasteiger charge is 2.23. The minimum atomic E-state index is -0.456. The van der Waals surface area contributed by atoms with Crippen LogP contribution in [0.2, 0.25) is 0 Å². The number of rotatable bonds is 1. The molecule has 92 valence electrons. The summed E-state index contributed by atoms with van der Waals surface area (Å²) in [4.78, 5) is 13.9. The van der Waals surface area contributed by atoms with Crippen LogP contribution < -0.4 is 0 Å². The standard InChI is InChI=1S/C13H15BrFNO/c1-9-3-2-6-16(8-9)13(17)11-5-4-10(14)7-12(11)15/h4-5,7,9H,2-3,6,8H2,1H3. The number of nitrogens with zero attached hydrogens (tertiary/aromatic N) is 1. The van der Waals surface area contributed by atoms with Gasteiger partial charge in [-0.25, -0.2) is 4.39 Å². The molecule has 1 fully saturated rings. The van der Waals surface area contributed by atoms with Crippen LogP contribution in [0.4, 0.5) is 4.39 Å². The van der Waals surface area contributed by atoms with E-state index in [4.69, 9.17) is 0 Å². The van der Waals surface area contributed by atoms with E-state index in [0.717, 1.165) is 25.9 Å². The number of piperidine rings is 1. The summed E-state index contributed by atoms with van der Waals surface area (Å²) in [5.74, 6) is -0.143. The van der Waals surface area contributed by atoms with Crippen LogP contribution in [0.15, 0.2) is 22.7 Å². The number of hydrogen-bond acceptors (Lipinski definition) is 1. The smallest absolute Gasteiger partial charge is 0.256 e. The molecule has 1 heterocycles. The quantitative estimate of drug-likeness (QED) is 0.778. The van der Waals surface area contributed by atoms with E-state index in [2.05, 4.69) is 22.9 Å². The predicted molar refractivity (Wildman–Crippen MR) is 68.4 cm³/mol. The molecule has 2 nitrogen and oxygen atoms in total. The molecular formula is C13H15BrFNO. The Morgan fingerprint density at radius 1 is 1.53 bits per heavy atom. The van der Waals surface area contributed by atoms with Gasteiger partial charge in [-0.1, -0.05) is 22.9 Å². The minimum Gasteiger partial charge on any atom is -0.338 e. The van der Waals surface area contributed by atoms with Gasteiger partial charge < -0.3 is 4.90 Å². The van der Waals surface area contributed by atoms with Gasteiger partial charge in [0.2, 0.25) is 0 Å². The third kappa shape index (κ3) is 2.86. The van der Waals surface area contributed by atoms with Crippen molar-refractivity contribution in [3.63, 3.8) is 0 Å². The summed E-state index contributed by atoms with van der Waals surface area (Å²) in [5, 5.41) is 0. The first-order valence-electron chi connectivity index (χ1n) is 5.82. The number of carbonyl (C=O) groups is 1. The van der Waals surface area contributed by atoms with Gasteiger partial charge in [0.15, 0.2) is 0 Å². The summed E-state index contributed by atoms with van der Waals surface area (Å²) in [6.45, 7) is 3.59. The van der Waals surface area contributed by atoms with Crippen LogP contribution in [0.25, 0.3) is 0 Å². The molecule has 2 rings (SSSR count). The third-order valence-corrected chi connectivity index (χ3v) is 3.60. The lowest BCUT2D eigenvalue weighted by molar-refractivity contribution is 0.0678. The zero-order valence-electron chi connectivity index (χ0n) is 9.75. The molecule has 1 atom stereocenters. The molecule has 0 aliphatic carbocycles. The summed E-state index contributed by atoms with van der Waals surface area (Å²) in [6.07, 6.45) is 2.15. The molecule has 17 heavy (non-hydrogen) atoms. The Morgan fingerprint density at radius 2 is 2.29 bits per heavy atom. The number of halogens is 2. The summed E-state index contributed by atoms with van der Waals surface area (Å²) in [5.41, 5.74) is 0.169. The van der Waals surface area contributed by atoms with Crippen LogP contribution in [0.3, 0.4) is 0 Å². The molecule has 1 aliphatic heterocycles. The van der Waals surface area contributed by atoms with Gasteiger partial charge in [0.1, 0.15) is 5.82 Å². The van der Waals surface area contributed by atoms with Crippen LogP contribution in [0.5, 0.6) is 0 Å². The molecule has 0 bridgehead atoms. The molecule has 1 amide bonds. The van der Waals surface area contributed by atoms with Gasteiger partial charge in [0.25, 0.3) is 5.91 Å². The Hall–Kier alpha value is -0.900. The van der Waals surface area contributed by atoms with Crippen molar-refractivity contribution in [2.24, 2.45) is 5.92 Å². The second kappa shape index (κ2) is 5.17. The normalized spacial score (nSPS) is 20.4. The fourth-order valence-electron chi connectivity index (χ4n) is 2.21. The molecule has 1 saturated heterocycles. The van der Waals surface area contributed by atoms with Crippen molar-refractivity contribution < 1.29 is 9.18 Å². The van der Waals surface area contributed by atoms with Gasteiger partial charge >= 0.3 is 0 Å². The molecule has 0 aromatic heterocycles. The second-order valence-corrected chi connectivity index (χ2v) is 5.54. The monoisotopic (exact) mass is 299 g/mol. The first-order chi connectivity index (χ1) is 8.08. The highest BCUT2D eigenvalue weighted by atomic mass is 79.9. The van der Waals surface area contributed by atoms with E-state index in [1.165, 1.54) is 6.07 Å². The zero-order chi connectivity index (χ0) is 12.4. The summed E-state index contributed by atoms with van der Waals surface area (Å²) in [7, 11) is 0. The van der Waals surface area contributed by atoms with Crippen molar-refractivity contribution in [2.75, 3.05) is 13.1 Å². The first kappa shape index (κ1) is 12.6. The molecule has 0 N–H and O–H groups in total. The SMILES string of the molecule is CC1CCCN(C(=O)c2ccc(Br)cc2F)C1. The highest BCUT2D eigenvalue weighted by Crippen LogP contribution is 2.21. The van der Waals surface area contributed by atoms with Gasteiger partial charge in [-0.15, -0.1) is 0 Å². The summed E-state index contributed by atoms with van der Waals surface area (Å²) < 4.78 is 14.3. The number of benzene rings is 1. The fourth-order valence-corrected chi connectivity index (χ4v) is 2.54. The van der Waals surface area contributed by atoms with E-state index in [1.807, 2.05) is 0 Å². The maximum Gasteiger partial charge on any atom is 0.256 e. The van der Waals surface area contributed by atoms with Crippen LogP contribution in [-0.4, -0.2) is 23.9 Å². The summed E-state index contributed by atoms with van der Waals surface area (Å²) >= 11 is 3.19. The Kier molecular flexibility index (Phi) is 3.82. The molecule has 1 unspecified atom stereocenters. The van der Waals surface area contributed by atoms with Gasteiger partial charge in [0, 0.05) is 17.6 Å². The summed E-state index contributed by atoms with van der Waals surface area (Å²) in [6, 6.07) is 4.57. The fraction of sp³-hybridized carbons (Fsp3) is 0.462. The number of amides is 1. The Bertz CT molecular complexity index is 435. The molecular weight excluding hydrogens is 285 g/mol. The Morgan fingerprint density at radius 3 is 2.94 bits per heavy atom. The lowest BCUT2D eigenvalue weighted by atomic mass is 9.99. The average molecular weight is 300 g/mol. The topological polar surface area (TPSA) is 20.3 Å². The minimum absolute atomic E-state index is 0.169. The van der Waals surface area contributed by atoms with Crippen molar-refractivity contribution in [3.05, 3.63) is 34.1 Å². The molecule has 1 aromatic rings. The largest absolute Gasteiger partial charge is 0.338 e. The van der Waals surface area contributed by atoms with Crippen LogP contribution in [-0.2, 0) is 0 Å². The van der Waals surface area contributed by atoms with Crippen molar-refractivity contribution in [2.45, 2.75) is 19.8 Å². The van der Waals surface area contributed by atoms with E-state index >= 15 is 0 Å². The Labute approximate surface area is 109 Å². The number of likely N-dealkylation sites (tertiary alicyclic amines) is 1. The van der Waals surface area contributed by atoms with E-state index < -0.39 is 5.82 Å². The van der Waals surface area contributed by atoms with E-state index in [9.17, 15) is 9.18 Å². The lowest BCUT2D eigenvalue weighted by Crippen LogP contribution is -2.39. The average Bonchev–Trinajstić information content (AvgIpc) is 2.28. The van der Waals surface area contributed by atoms with Crippen molar-refractivity contribution >= 4 is 21.8 Å². The maximum atomic E-state index is 13.7. The van der Waals surface area contributed by atoms with Gasteiger partial charge in [-0.05, 0) is 37.0 Å². The Balaban J connectivity index is 2.18. The molecule has 0 saturated carbocycles. The van der Waals surface area contributed by atoms with Gasteiger partial charge in [-0.3, -0.25) is 4.79 Å². The van der Waals surface area contributed by atoms with Crippen molar-refractivity contribution in [1.82, 2.24) is 4.90 Å². The predicted octanol–water partition coefficient (Wildman–Crippen LogP) is 3.46. The van der Waals surface area contributed by atoms with Crippen molar-refractivity contribution in [1.29, 1.82) is 0 Å². The van der Waals surface area contributed by atoms with Gasteiger partial charge in [-0.2, -0.15) is 0 Å². The van der Waals surface area contributed by atoms with Crippen LogP contribution in [0.1, 0.15) is 30.1 Å². The van der Waals surface area contributed by atoms with E-state index in [1.54, 1.807) is 17.0 Å². The second-order valence-electron chi connectivity index (χ2n) is 4.62. The van der Waals surface area contributed by atoms with Crippen LogP contribution in [0, 0.1) is 11.7 Å². The molecule has 1 aliphatic rings. The molecule has 0 radical (unpaired) electrons. The number of carbonyl (C=O) groups excluding carboxylic acids is 1. The zero-order valence-corrected chi connectivity index (χ0v) is 11.3. The van der Waals surface area contributed by atoms with Gasteiger partial charge in [0.05, 0.1) is 5.56 Å². The third-order valence-electron chi connectivity index (χ3n) is 3.11.